The minimum Gasteiger partial charge on any atom is -0.369 e. The molecule has 96 valence electrons. The highest BCUT2D eigenvalue weighted by Gasteiger charge is 2.14. The summed E-state index contributed by atoms with van der Waals surface area (Å²) < 4.78 is 13.8. The standard InChI is InChI=1S/C13H18FN.C2H6/c1-2-11-6-7-13(12(14)10-11)15-8-4-3-5-9-15;1-2/h6-7,10H,2-5,8-9H2,1H3;1-2H3. The molecule has 0 atom stereocenters. The average molecular weight is 237 g/mol. The van der Waals surface area contributed by atoms with Gasteiger partial charge in [0.2, 0.25) is 0 Å². The van der Waals surface area contributed by atoms with Gasteiger partial charge in [-0.15, -0.1) is 0 Å². The zero-order valence-electron chi connectivity index (χ0n) is 11.3. The first-order valence-corrected chi connectivity index (χ1v) is 6.84. The summed E-state index contributed by atoms with van der Waals surface area (Å²) in [6.45, 7) is 8.06. The SMILES string of the molecule is CC.CCc1ccc(N2CCCCC2)c(F)c1. The molecule has 1 aliphatic rings. The lowest BCUT2D eigenvalue weighted by Gasteiger charge is -2.29. The maximum absolute atomic E-state index is 13.8. The van der Waals surface area contributed by atoms with Crippen LogP contribution in [0.15, 0.2) is 18.2 Å². The van der Waals surface area contributed by atoms with Crippen molar-refractivity contribution in [2.24, 2.45) is 0 Å². The number of nitrogens with zero attached hydrogens (tertiary/aromatic N) is 1. The van der Waals surface area contributed by atoms with Gasteiger partial charge in [0.25, 0.3) is 0 Å². The molecule has 0 radical (unpaired) electrons. The van der Waals surface area contributed by atoms with Crippen LogP contribution in [0.25, 0.3) is 0 Å². The van der Waals surface area contributed by atoms with E-state index in [0.717, 1.165) is 30.8 Å². The molecule has 1 fully saturated rings. The molecule has 0 bridgehead atoms. The summed E-state index contributed by atoms with van der Waals surface area (Å²) in [5.41, 5.74) is 1.86. The van der Waals surface area contributed by atoms with Crippen LogP contribution in [0.3, 0.4) is 0 Å². The minimum atomic E-state index is -0.0590. The molecular weight excluding hydrogens is 213 g/mol. The summed E-state index contributed by atoms with van der Waals surface area (Å²) in [5.74, 6) is -0.0590. The van der Waals surface area contributed by atoms with Gasteiger partial charge in [-0.2, -0.15) is 0 Å². The summed E-state index contributed by atoms with van der Waals surface area (Å²) in [4.78, 5) is 2.16. The number of halogens is 1. The number of hydrogen-bond donors (Lipinski definition) is 0. The number of anilines is 1. The Kier molecular flexibility index (Phi) is 6.03. The van der Waals surface area contributed by atoms with Crippen LogP contribution >= 0.6 is 0 Å². The van der Waals surface area contributed by atoms with Crippen molar-refractivity contribution in [1.82, 2.24) is 0 Å². The fraction of sp³-hybridized carbons (Fsp3) is 0.600. The van der Waals surface area contributed by atoms with Gasteiger partial charge in [0.15, 0.2) is 0 Å². The molecule has 1 heterocycles. The number of rotatable bonds is 2. The van der Waals surface area contributed by atoms with E-state index >= 15 is 0 Å². The normalized spacial score (nSPS) is 15.2. The summed E-state index contributed by atoms with van der Waals surface area (Å²) in [5, 5.41) is 0. The van der Waals surface area contributed by atoms with Crippen LogP contribution < -0.4 is 4.90 Å². The van der Waals surface area contributed by atoms with Crippen molar-refractivity contribution in [2.45, 2.75) is 46.5 Å². The average Bonchev–Trinajstić information content (AvgIpc) is 2.42. The van der Waals surface area contributed by atoms with Gasteiger partial charge in [0.05, 0.1) is 5.69 Å². The molecule has 0 amide bonds. The predicted octanol–water partition coefficient (Wildman–Crippen LogP) is 4.40. The van der Waals surface area contributed by atoms with E-state index in [1.54, 1.807) is 6.07 Å². The van der Waals surface area contributed by atoms with Gasteiger partial charge in [-0.1, -0.05) is 26.8 Å². The molecule has 17 heavy (non-hydrogen) atoms. The molecule has 1 aromatic carbocycles. The van der Waals surface area contributed by atoms with Gasteiger partial charge >= 0.3 is 0 Å². The topological polar surface area (TPSA) is 3.24 Å². The number of hydrogen-bond acceptors (Lipinski definition) is 1. The first kappa shape index (κ1) is 14.0. The maximum atomic E-state index is 13.8. The molecule has 0 aliphatic carbocycles. The molecule has 0 aromatic heterocycles. The third-order valence-electron chi connectivity index (χ3n) is 3.12. The molecule has 1 aromatic rings. The van der Waals surface area contributed by atoms with Gasteiger partial charge < -0.3 is 4.90 Å². The third kappa shape index (κ3) is 3.72. The van der Waals surface area contributed by atoms with Crippen LogP contribution in [0.2, 0.25) is 0 Å². The largest absolute Gasteiger partial charge is 0.369 e. The van der Waals surface area contributed by atoms with Crippen molar-refractivity contribution in [1.29, 1.82) is 0 Å². The molecule has 0 N–H and O–H groups in total. The van der Waals surface area contributed by atoms with E-state index < -0.39 is 0 Å². The lowest BCUT2D eigenvalue weighted by atomic mass is 10.1. The van der Waals surface area contributed by atoms with Crippen LogP contribution in [-0.2, 0) is 6.42 Å². The van der Waals surface area contributed by atoms with Crippen LogP contribution in [0.1, 0.15) is 45.6 Å². The Bertz CT molecular complexity index is 330. The monoisotopic (exact) mass is 237 g/mol. The summed E-state index contributed by atoms with van der Waals surface area (Å²) >= 11 is 0. The highest BCUT2D eigenvalue weighted by molar-refractivity contribution is 5.49. The second-order valence-electron chi connectivity index (χ2n) is 4.19. The number of benzene rings is 1. The first-order chi connectivity index (χ1) is 8.31. The molecule has 1 aliphatic heterocycles. The Hall–Kier alpha value is -1.05. The molecular formula is C15H24FN. The van der Waals surface area contributed by atoms with E-state index in [4.69, 9.17) is 0 Å². The maximum Gasteiger partial charge on any atom is 0.146 e. The Morgan fingerprint density at radius 2 is 1.76 bits per heavy atom. The number of piperidine rings is 1. The van der Waals surface area contributed by atoms with Crippen LogP contribution in [0.5, 0.6) is 0 Å². The van der Waals surface area contributed by atoms with Crippen LogP contribution in [-0.4, -0.2) is 13.1 Å². The van der Waals surface area contributed by atoms with E-state index in [2.05, 4.69) is 11.8 Å². The van der Waals surface area contributed by atoms with E-state index in [9.17, 15) is 4.39 Å². The summed E-state index contributed by atoms with van der Waals surface area (Å²) in [7, 11) is 0. The fourth-order valence-electron chi connectivity index (χ4n) is 2.16. The van der Waals surface area contributed by atoms with Crippen molar-refractivity contribution in [2.75, 3.05) is 18.0 Å². The van der Waals surface area contributed by atoms with Crippen molar-refractivity contribution in [3.63, 3.8) is 0 Å². The van der Waals surface area contributed by atoms with E-state index in [1.807, 2.05) is 26.0 Å². The van der Waals surface area contributed by atoms with Crippen molar-refractivity contribution in [3.05, 3.63) is 29.6 Å². The quantitative estimate of drug-likeness (QED) is 0.736. The Balaban J connectivity index is 0.000000686. The summed E-state index contributed by atoms with van der Waals surface area (Å²) in [6.07, 6.45) is 4.56. The fourth-order valence-corrected chi connectivity index (χ4v) is 2.16. The number of aryl methyl sites for hydroxylation is 1. The Morgan fingerprint density at radius 1 is 1.12 bits per heavy atom. The lowest BCUT2D eigenvalue weighted by Crippen LogP contribution is -2.30. The second kappa shape index (κ2) is 7.31. The van der Waals surface area contributed by atoms with Gasteiger partial charge in [-0.3, -0.25) is 0 Å². The van der Waals surface area contributed by atoms with Crippen molar-refractivity contribution >= 4 is 5.69 Å². The van der Waals surface area contributed by atoms with E-state index in [0.29, 0.717) is 0 Å². The highest BCUT2D eigenvalue weighted by Crippen LogP contribution is 2.24. The minimum absolute atomic E-state index is 0.0590. The van der Waals surface area contributed by atoms with Gasteiger partial charge in [0, 0.05) is 13.1 Å². The predicted molar refractivity (Wildman–Crippen MR) is 73.2 cm³/mol. The molecule has 0 saturated carbocycles. The molecule has 1 saturated heterocycles. The molecule has 2 heteroatoms. The smallest absolute Gasteiger partial charge is 0.146 e. The summed E-state index contributed by atoms with van der Waals surface area (Å²) in [6, 6.07) is 5.64. The third-order valence-corrected chi connectivity index (χ3v) is 3.12. The zero-order chi connectivity index (χ0) is 12.7. The first-order valence-electron chi connectivity index (χ1n) is 6.84. The van der Waals surface area contributed by atoms with Gasteiger partial charge in [0.1, 0.15) is 5.82 Å². The zero-order valence-corrected chi connectivity index (χ0v) is 11.3. The molecule has 1 nitrogen and oxygen atoms in total. The molecule has 2 rings (SSSR count). The van der Waals surface area contributed by atoms with Gasteiger partial charge in [-0.05, 0) is 43.4 Å². The molecule has 0 spiro atoms. The van der Waals surface area contributed by atoms with Gasteiger partial charge in [-0.25, -0.2) is 4.39 Å². The van der Waals surface area contributed by atoms with Crippen molar-refractivity contribution < 1.29 is 4.39 Å². The van der Waals surface area contributed by atoms with Crippen LogP contribution in [0, 0.1) is 5.82 Å². The second-order valence-corrected chi connectivity index (χ2v) is 4.19. The van der Waals surface area contributed by atoms with E-state index in [-0.39, 0.29) is 5.82 Å². The lowest BCUT2D eigenvalue weighted by molar-refractivity contribution is 0.556. The Morgan fingerprint density at radius 3 is 2.29 bits per heavy atom. The van der Waals surface area contributed by atoms with Crippen LogP contribution in [0.4, 0.5) is 10.1 Å². The van der Waals surface area contributed by atoms with E-state index in [1.165, 1.54) is 19.3 Å². The highest BCUT2D eigenvalue weighted by atomic mass is 19.1. The molecule has 0 unspecified atom stereocenters. The Labute approximate surface area is 105 Å². The van der Waals surface area contributed by atoms with Crippen molar-refractivity contribution in [3.8, 4) is 0 Å².